The fourth-order valence-electron chi connectivity index (χ4n) is 4.69. The molecule has 0 saturated carbocycles. The number of nitriles is 1. The van der Waals surface area contributed by atoms with Gasteiger partial charge in [0.2, 0.25) is 0 Å². The highest BCUT2D eigenvalue weighted by Gasteiger charge is 2.35. The van der Waals surface area contributed by atoms with E-state index in [0.717, 1.165) is 11.1 Å². The number of hydrogen-bond donors (Lipinski definition) is 0. The van der Waals surface area contributed by atoms with Crippen LogP contribution in [0.4, 0.5) is 0 Å². The van der Waals surface area contributed by atoms with Crippen LogP contribution < -0.4 is 24.4 Å². The van der Waals surface area contributed by atoms with Gasteiger partial charge in [0.1, 0.15) is 24.1 Å². The Morgan fingerprint density at radius 3 is 2.49 bits per heavy atom. The summed E-state index contributed by atoms with van der Waals surface area (Å²) in [6.45, 7) is 3.98. The topological polar surface area (TPSA) is 103 Å². The van der Waals surface area contributed by atoms with E-state index < -0.39 is 12.0 Å². The summed E-state index contributed by atoms with van der Waals surface area (Å²) in [5, 5.41) is 9.03. The molecule has 1 aromatic heterocycles. The zero-order valence-corrected chi connectivity index (χ0v) is 23.6. The monoisotopic (exact) mass is 565 g/mol. The second-order valence-electron chi connectivity index (χ2n) is 9.18. The van der Waals surface area contributed by atoms with Crippen LogP contribution in [0.15, 0.2) is 93.9 Å². The number of carbonyl (C=O) groups is 1. The molecule has 0 bridgehead atoms. The van der Waals surface area contributed by atoms with Gasteiger partial charge in [-0.2, -0.15) is 5.26 Å². The molecule has 0 unspecified atom stereocenters. The Kier molecular flexibility index (Phi) is 8.13. The van der Waals surface area contributed by atoms with E-state index >= 15 is 0 Å². The number of hydrogen-bond acceptors (Lipinski definition) is 8. The Balaban J connectivity index is 1.60. The normalized spacial score (nSPS) is 14.6. The predicted molar refractivity (Wildman–Crippen MR) is 155 cm³/mol. The van der Waals surface area contributed by atoms with Gasteiger partial charge in [-0.1, -0.05) is 59.9 Å². The molecule has 4 aromatic rings. The molecular formula is C32H27N3O5S. The van der Waals surface area contributed by atoms with Crippen molar-refractivity contribution in [3.05, 3.63) is 126 Å². The lowest BCUT2D eigenvalue weighted by Crippen LogP contribution is -2.40. The molecule has 206 valence electrons. The summed E-state index contributed by atoms with van der Waals surface area (Å²) in [5.74, 6) is 0.623. The smallest absolute Gasteiger partial charge is 0.338 e. The predicted octanol–water partition coefficient (Wildman–Crippen LogP) is 4.26. The van der Waals surface area contributed by atoms with Crippen molar-refractivity contribution in [3.8, 4) is 17.6 Å². The van der Waals surface area contributed by atoms with Crippen LogP contribution >= 0.6 is 11.3 Å². The van der Waals surface area contributed by atoms with Crippen molar-refractivity contribution < 1.29 is 19.0 Å². The number of para-hydroxylation sites is 2. The molecule has 8 nitrogen and oxygen atoms in total. The Bertz CT molecular complexity index is 1860. The van der Waals surface area contributed by atoms with Gasteiger partial charge in [0.05, 0.1) is 41.2 Å². The second-order valence-corrected chi connectivity index (χ2v) is 10.2. The third-order valence-corrected chi connectivity index (χ3v) is 7.62. The number of allylic oxidation sites excluding steroid dienone is 1. The SMILES string of the molecule is CCOC(=O)C1=C(C)N=c2s/c(=C\c3ccccc3OCc3ccc(C#N)cc3)c(=O)n2[C@H]1c1ccccc1OC. The first kappa shape index (κ1) is 27.6. The van der Waals surface area contributed by atoms with Crippen LogP contribution in [0.25, 0.3) is 6.08 Å². The van der Waals surface area contributed by atoms with Gasteiger partial charge in [0, 0.05) is 11.1 Å². The number of fused-ring (bicyclic) bond motifs is 1. The highest BCUT2D eigenvalue weighted by molar-refractivity contribution is 7.07. The van der Waals surface area contributed by atoms with Crippen molar-refractivity contribution >= 4 is 23.4 Å². The fraction of sp³-hybridized carbons (Fsp3) is 0.188. The van der Waals surface area contributed by atoms with Crippen LogP contribution in [-0.2, 0) is 16.1 Å². The Morgan fingerprint density at radius 1 is 1.07 bits per heavy atom. The van der Waals surface area contributed by atoms with Crippen molar-refractivity contribution in [1.29, 1.82) is 5.26 Å². The molecule has 0 saturated heterocycles. The Labute approximate surface area is 240 Å². The minimum atomic E-state index is -0.772. The summed E-state index contributed by atoms with van der Waals surface area (Å²) >= 11 is 1.24. The van der Waals surface area contributed by atoms with Gasteiger partial charge >= 0.3 is 5.97 Å². The zero-order valence-electron chi connectivity index (χ0n) is 22.8. The van der Waals surface area contributed by atoms with Gasteiger partial charge in [0.15, 0.2) is 4.80 Å². The Hall–Kier alpha value is -4.94. The zero-order chi connectivity index (χ0) is 28.9. The molecule has 9 heteroatoms. The van der Waals surface area contributed by atoms with E-state index in [1.54, 1.807) is 45.2 Å². The maximum absolute atomic E-state index is 14.0. The molecule has 2 heterocycles. The van der Waals surface area contributed by atoms with Crippen LogP contribution in [0.2, 0.25) is 0 Å². The molecule has 3 aromatic carbocycles. The van der Waals surface area contributed by atoms with E-state index in [-0.39, 0.29) is 12.2 Å². The van der Waals surface area contributed by atoms with Crippen molar-refractivity contribution in [1.82, 2.24) is 4.57 Å². The van der Waals surface area contributed by atoms with Crippen LogP contribution in [0.3, 0.4) is 0 Å². The van der Waals surface area contributed by atoms with E-state index in [1.165, 1.54) is 15.9 Å². The van der Waals surface area contributed by atoms with Gasteiger partial charge in [-0.15, -0.1) is 0 Å². The van der Waals surface area contributed by atoms with E-state index in [9.17, 15) is 9.59 Å². The Morgan fingerprint density at radius 2 is 1.78 bits per heavy atom. The highest BCUT2D eigenvalue weighted by atomic mass is 32.1. The summed E-state index contributed by atoms with van der Waals surface area (Å²) in [6.07, 6.45) is 1.78. The number of methoxy groups -OCH3 is 1. The molecule has 1 atom stereocenters. The fourth-order valence-corrected chi connectivity index (χ4v) is 5.72. The molecule has 0 fully saturated rings. The lowest BCUT2D eigenvalue weighted by atomic mass is 9.95. The summed E-state index contributed by atoms with van der Waals surface area (Å²) in [6, 6.07) is 23.3. The van der Waals surface area contributed by atoms with Crippen LogP contribution in [0.1, 0.15) is 42.1 Å². The minimum Gasteiger partial charge on any atom is -0.496 e. The lowest BCUT2D eigenvalue weighted by molar-refractivity contribution is -0.139. The molecule has 41 heavy (non-hydrogen) atoms. The first-order chi connectivity index (χ1) is 19.9. The maximum atomic E-state index is 14.0. The number of nitrogens with zero attached hydrogens (tertiary/aromatic N) is 3. The standard InChI is InChI=1S/C32H27N3O5S/c1-4-39-31(37)28-20(2)34-32-35(29(28)24-10-6-8-12-26(24)38-3)30(36)27(41-32)17-23-9-5-7-11-25(23)40-19-22-15-13-21(18-33)14-16-22/h5-17,29H,4,19H2,1-3H3/b27-17-/t29-/m0/s1. The second kappa shape index (κ2) is 12.1. The van der Waals surface area contributed by atoms with Crippen molar-refractivity contribution in [2.45, 2.75) is 26.5 Å². The minimum absolute atomic E-state index is 0.192. The average molecular weight is 566 g/mol. The van der Waals surface area contributed by atoms with E-state index in [0.29, 0.717) is 49.8 Å². The van der Waals surface area contributed by atoms with E-state index in [1.807, 2.05) is 54.6 Å². The van der Waals surface area contributed by atoms with Crippen molar-refractivity contribution in [2.75, 3.05) is 13.7 Å². The summed E-state index contributed by atoms with van der Waals surface area (Å²) < 4.78 is 19.1. The average Bonchev–Trinajstić information content (AvgIpc) is 3.30. The highest BCUT2D eigenvalue weighted by Crippen LogP contribution is 2.35. The number of rotatable bonds is 8. The quantitative estimate of drug-likeness (QED) is 0.296. The third kappa shape index (κ3) is 5.55. The van der Waals surface area contributed by atoms with Gasteiger partial charge in [0.25, 0.3) is 5.56 Å². The molecule has 1 aliphatic heterocycles. The molecular weight excluding hydrogens is 538 g/mol. The molecule has 0 N–H and O–H groups in total. The summed E-state index contributed by atoms with van der Waals surface area (Å²) in [5.41, 5.74) is 3.36. The molecule has 0 aliphatic carbocycles. The molecule has 0 spiro atoms. The van der Waals surface area contributed by atoms with Crippen LogP contribution in [-0.4, -0.2) is 24.3 Å². The largest absolute Gasteiger partial charge is 0.496 e. The van der Waals surface area contributed by atoms with E-state index in [2.05, 4.69) is 11.1 Å². The van der Waals surface area contributed by atoms with Crippen molar-refractivity contribution in [3.63, 3.8) is 0 Å². The number of aromatic nitrogens is 1. The number of ether oxygens (including phenoxy) is 3. The summed E-state index contributed by atoms with van der Waals surface area (Å²) in [7, 11) is 1.55. The van der Waals surface area contributed by atoms with Crippen LogP contribution in [0, 0.1) is 11.3 Å². The maximum Gasteiger partial charge on any atom is 0.338 e. The summed E-state index contributed by atoms with van der Waals surface area (Å²) in [4.78, 5) is 32.2. The molecule has 0 amide bonds. The first-order valence-corrected chi connectivity index (χ1v) is 13.8. The number of thiazole rings is 1. The van der Waals surface area contributed by atoms with Gasteiger partial charge in [-0.25, -0.2) is 9.79 Å². The number of benzene rings is 3. The lowest BCUT2D eigenvalue weighted by Gasteiger charge is -2.25. The molecule has 0 radical (unpaired) electrons. The van der Waals surface area contributed by atoms with Crippen molar-refractivity contribution in [2.24, 2.45) is 4.99 Å². The molecule has 5 rings (SSSR count). The third-order valence-electron chi connectivity index (χ3n) is 6.63. The van der Waals surface area contributed by atoms with Crippen LogP contribution in [0.5, 0.6) is 11.5 Å². The van der Waals surface area contributed by atoms with Gasteiger partial charge < -0.3 is 14.2 Å². The number of esters is 1. The van der Waals surface area contributed by atoms with Gasteiger partial charge in [-0.05, 0) is 49.8 Å². The molecule has 1 aliphatic rings. The first-order valence-electron chi connectivity index (χ1n) is 13.0. The van der Waals surface area contributed by atoms with E-state index in [4.69, 9.17) is 19.5 Å². The van der Waals surface area contributed by atoms with Gasteiger partial charge in [-0.3, -0.25) is 9.36 Å². The number of carbonyl (C=O) groups excluding carboxylic acids is 1.